The highest BCUT2D eigenvalue weighted by molar-refractivity contribution is 7.92. The van der Waals surface area contributed by atoms with Crippen molar-refractivity contribution >= 4 is 9.84 Å². The van der Waals surface area contributed by atoms with Crippen LogP contribution >= 0.6 is 0 Å². The highest BCUT2D eigenvalue weighted by Gasteiger charge is 2.49. The number of ether oxygens (including phenoxy) is 2. The average molecular weight is 263 g/mol. The highest BCUT2D eigenvalue weighted by Crippen LogP contribution is 2.38. The molecular formula is C11H21NO4S. The minimum atomic E-state index is -3.20. The molecule has 6 heteroatoms. The van der Waals surface area contributed by atoms with E-state index in [0.717, 1.165) is 0 Å². The molecule has 100 valence electrons. The molecule has 1 aliphatic heterocycles. The van der Waals surface area contributed by atoms with E-state index in [1.807, 2.05) is 0 Å². The summed E-state index contributed by atoms with van der Waals surface area (Å²) in [5.74, 6) is -0.692. The van der Waals surface area contributed by atoms with Crippen molar-refractivity contribution in [1.82, 2.24) is 0 Å². The molecule has 1 saturated carbocycles. The number of hydrogen-bond donors (Lipinski definition) is 1. The minimum Gasteiger partial charge on any atom is -0.347 e. The summed E-state index contributed by atoms with van der Waals surface area (Å²) in [6, 6.07) is -0.305. The molecule has 0 aromatic carbocycles. The van der Waals surface area contributed by atoms with Crippen LogP contribution in [0.25, 0.3) is 0 Å². The highest BCUT2D eigenvalue weighted by atomic mass is 32.2. The van der Waals surface area contributed by atoms with Crippen molar-refractivity contribution in [3.63, 3.8) is 0 Å². The number of hydrogen-bond acceptors (Lipinski definition) is 5. The van der Waals surface area contributed by atoms with Gasteiger partial charge in [-0.05, 0) is 20.3 Å². The Morgan fingerprint density at radius 3 is 2.41 bits per heavy atom. The summed E-state index contributed by atoms with van der Waals surface area (Å²) < 4.78 is 35.7. The first-order valence-electron chi connectivity index (χ1n) is 6.14. The predicted molar refractivity (Wildman–Crippen MR) is 64.3 cm³/mol. The van der Waals surface area contributed by atoms with Crippen LogP contribution in [0.4, 0.5) is 0 Å². The number of rotatable bonds is 2. The molecule has 2 N–H and O–H groups in total. The molecule has 0 bridgehead atoms. The fourth-order valence-electron chi connectivity index (χ4n) is 2.60. The van der Waals surface area contributed by atoms with E-state index in [9.17, 15) is 8.42 Å². The summed E-state index contributed by atoms with van der Waals surface area (Å²) in [5.41, 5.74) is 5.96. The Hall–Kier alpha value is -0.170. The second kappa shape index (κ2) is 4.50. The van der Waals surface area contributed by atoms with Gasteiger partial charge in [-0.15, -0.1) is 0 Å². The minimum absolute atomic E-state index is 0.305. The quantitative estimate of drug-likeness (QED) is 0.781. The molecule has 2 aliphatic rings. The van der Waals surface area contributed by atoms with Gasteiger partial charge in [0.1, 0.15) is 0 Å². The summed E-state index contributed by atoms with van der Waals surface area (Å²) in [6.45, 7) is 4.48. The van der Waals surface area contributed by atoms with Crippen LogP contribution < -0.4 is 5.73 Å². The van der Waals surface area contributed by atoms with E-state index in [2.05, 4.69) is 0 Å². The molecule has 0 aromatic rings. The SMILES string of the molecule is CC(C)S(=O)(=O)C1CC2(CCC1N)OCCO2. The van der Waals surface area contributed by atoms with Crippen molar-refractivity contribution in [2.75, 3.05) is 13.2 Å². The van der Waals surface area contributed by atoms with Crippen molar-refractivity contribution in [3.8, 4) is 0 Å². The summed E-state index contributed by atoms with van der Waals surface area (Å²) in [4.78, 5) is 0. The van der Waals surface area contributed by atoms with Crippen LogP contribution in [0, 0.1) is 0 Å². The van der Waals surface area contributed by atoms with Crippen LogP contribution in [-0.2, 0) is 19.3 Å². The lowest BCUT2D eigenvalue weighted by molar-refractivity contribution is -0.177. The third kappa shape index (κ3) is 2.36. The third-order valence-electron chi connectivity index (χ3n) is 3.74. The van der Waals surface area contributed by atoms with Gasteiger partial charge in [-0.25, -0.2) is 8.42 Å². The van der Waals surface area contributed by atoms with Crippen LogP contribution in [0.3, 0.4) is 0 Å². The number of nitrogens with two attached hydrogens (primary N) is 1. The molecule has 1 spiro atoms. The summed E-state index contributed by atoms with van der Waals surface area (Å²) in [5, 5.41) is -0.954. The zero-order valence-corrected chi connectivity index (χ0v) is 11.2. The molecule has 1 heterocycles. The van der Waals surface area contributed by atoms with Crippen LogP contribution in [0.15, 0.2) is 0 Å². The van der Waals surface area contributed by atoms with Gasteiger partial charge >= 0.3 is 0 Å². The molecule has 2 fully saturated rings. The Labute approximate surface area is 103 Å². The molecule has 0 amide bonds. The summed E-state index contributed by atoms with van der Waals surface area (Å²) in [6.07, 6.45) is 1.70. The molecule has 0 radical (unpaired) electrons. The first kappa shape index (κ1) is 13.3. The van der Waals surface area contributed by atoms with E-state index in [1.165, 1.54) is 0 Å². The van der Waals surface area contributed by atoms with Gasteiger partial charge < -0.3 is 15.2 Å². The lowest BCUT2D eigenvalue weighted by Crippen LogP contribution is -2.53. The van der Waals surface area contributed by atoms with E-state index in [4.69, 9.17) is 15.2 Å². The first-order valence-corrected chi connectivity index (χ1v) is 7.74. The maximum Gasteiger partial charge on any atom is 0.169 e. The molecule has 2 atom stereocenters. The smallest absolute Gasteiger partial charge is 0.169 e. The first-order chi connectivity index (χ1) is 7.87. The molecule has 2 unspecified atom stereocenters. The van der Waals surface area contributed by atoms with Gasteiger partial charge in [0.15, 0.2) is 15.6 Å². The Bertz CT molecular complexity index is 373. The normalized spacial score (nSPS) is 33.4. The van der Waals surface area contributed by atoms with Gasteiger partial charge in [-0.3, -0.25) is 0 Å². The van der Waals surface area contributed by atoms with Crippen molar-refractivity contribution in [2.45, 2.75) is 55.4 Å². The average Bonchev–Trinajstić information content (AvgIpc) is 2.70. The second-order valence-electron chi connectivity index (χ2n) is 5.19. The van der Waals surface area contributed by atoms with Crippen molar-refractivity contribution in [3.05, 3.63) is 0 Å². The Morgan fingerprint density at radius 1 is 1.29 bits per heavy atom. The van der Waals surface area contributed by atoms with Crippen molar-refractivity contribution in [1.29, 1.82) is 0 Å². The molecule has 5 nitrogen and oxygen atoms in total. The molecule has 1 saturated heterocycles. The topological polar surface area (TPSA) is 78.6 Å². The van der Waals surface area contributed by atoms with E-state index in [1.54, 1.807) is 13.8 Å². The van der Waals surface area contributed by atoms with Gasteiger partial charge in [-0.2, -0.15) is 0 Å². The predicted octanol–water partition coefficient (Wildman–Crippen LogP) is 0.432. The van der Waals surface area contributed by atoms with E-state index in [0.29, 0.717) is 32.5 Å². The standard InChI is InChI=1S/C11H21NO4S/c1-8(2)17(13,14)10-7-11(4-3-9(10)12)15-5-6-16-11/h8-10H,3-7,12H2,1-2H3. The zero-order valence-electron chi connectivity index (χ0n) is 10.4. The molecule has 17 heavy (non-hydrogen) atoms. The van der Waals surface area contributed by atoms with Crippen LogP contribution in [0.1, 0.15) is 33.1 Å². The van der Waals surface area contributed by atoms with Gasteiger partial charge in [-0.1, -0.05) is 0 Å². The maximum absolute atomic E-state index is 12.2. The fraction of sp³-hybridized carbons (Fsp3) is 1.00. The lowest BCUT2D eigenvalue weighted by atomic mass is 9.90. The van der Waals surface area contributed by atoms with E-state index < -0.39 is 26.1 Å². The zero-order chi connectivity index (χ0) is 12.7. The monoisotopic (exact) mass is 263 g/mol. The van der Waals surface area contributed by atoms with E-state index >= 15 is 0 Å². The van der Waals surface area contributed by atoms with Crippen molar-refractivity contribution in [2.24, 2.45) is 5.73 Å². The Balaban J connectivity index is 2.21. The van der Waals surface area contributed by atoms with Crippen LogP contribution in [-0.4, -0.2) is 44.0 Å². The lowest BCUT2D eigenvalue weighted by Gasteiger charge is -2.39. The molecular weight excluding hydrogens is 242 g/mol. The third-order valence-corrected chi connectivity index (χ3v) is 6.42. The van der Waals surface area contributed by atoms with Crippen LogP contribution in [0.5, 0.6) is 0 Å². The largest absolute Gasteiger partial charge is 0.347 e. The maximum atomic E-state index is 12.2. The van der Waals surface area contributed by atoms with Gasteiger partial charge in [0.25, 0.3) is 0 Å². The molecule has 2 rings (SSSR count). The fourth-order valence-corrected chi connectivity index (χ4v) is 4.41. The van der Waals surface area contributed by atoms with E-state index in [-0.39, 0.29) is 6.04 Å². The van der Waals surface area contributed by atoms with Crippen molar-refractivity contribution < 1.29 is 17.9 Å². The summed E-state index contributed by atoms with van der Waals surface area (Å²) in [7, 11) is -3.20. The summed E-state index contributed by atoms with van der Waals surface area (Å²) >= 11 is 0. The van der Waals surface area contributed by atoms with Gasteiger partial charge in [0.05, 0.1) is 23.7 Å². The Morgan fingerprint density at radius 2 is 1.88 bits per heavy atom. The molecule has 0 aromatic heterocycles. The Kier molecular flexibility index (Phi) is 3.51. The second-order valence-corrected chi connectivity index (χ2v) is 7.92. The number of sulfone groups is 1. The van der Waals surface area contributed by atoms with Gasteiger partial charge in [0, 0.05) is 18.9 Å². The van der Waals surface area contributed by atoms with Gasteiger partial charge in [0.2, 0.25) is 0 Å². The molecule has 1 aliphatic carbocycles. The van der Waals surface area contributed by atoms with Crippen LogP contribution in [0.2, 0.25) is 0 Å².